The summed E-state index contributed by atoms with van der Waals surface area (Å²) in [5.74, 6) is -3.30. The lowest BCUT2D eigenvalue weighted by Gasteiger charge is -2.29. The number of benzene rings is 3. The Morgan fingerprint density at radius 1 is 0.949 bits per heavy atom. The zero-order chi connectivity index (χ0) is 27.8. The normalized spacial score (nSPS) is 15.6. The maximum atomic E-state index is 13.7. The van der Waals surface area contributed by atoms with Crippen LogP contribution < -0.4 is 10.6 Å². The summed E-state index contributed by atoms with van der Waals surface area (Å²) in [6.07, 6.45) is -0.327. The number of Topliss-reactive ketones (excluding diaryl/α,β-unsaturated/α-hetero) is 1. The Hall–Kier alpha value is -4.70. The number of aliphatic hydroxyl groups is 1. The number of phenolic OH excluding ortho intramolecular Hbond substituents is 2. The molecule has 1 atom stereocenters. The monoisotopic (exact) mass is 530 g/mol. The third kappa shape index (κ3) is 4.48. The van der Waals surface area contributed by atoms with Crippen LogP contribution in [0.5, 0.6) is 11.5 Å². The number of anilines is 2. The number of nitrogens with one attached hydrogen (secondary N) is 2. The minimum Gasteiger partial charge on any atom is -0.507 e. The summed E-state index contributed by atoms with van der Waals surface area (Å²) in [7, 11) is 1.79. The highest BCUT2D eigenvalue weighted by Gasteiger charge is 2.40. The molecule has 200 valence electrons. The molecule has 5 N–H and O–H groups in total. The minimum atomic E-state index is -0.843. The molecule has 0 saturated carbocycles. The Kier molecular flexibility index (Phi) is 6.80. The van der Waals surface area contributed by atoms with Crippen molar-refractivity contribution in [1.29, 1.82) is 0 Å². The first kappa shape index (κ1) is 25.9. The van der Waals surface area contributed by atoms with E-state index in [1.54, 1.807) is 19.2 Å². The lowest BCUT2D eigenvalue weighted by Crippen LogP contribution is -2.28. The summed E-state index contributed by atoms with van der Waals surface area (Å²) in [5.41, 5.74) is 1.31. The number of hydrogen-bond donors (Lipinski definition) is 5. The molecule has 3 aromatic carbocycles. The van der Waals surface area contributed by atoms with Crippen molar-refractivity contribution in [1.82, 2.24) is 0 Å². The van der Waals surface area contributed by atoms with Gasteiger partial charge in [0.2, 0.25) is 0 Å². The first-order valence-corrected chi connectivity index (χ1v) is 12.4. The van der Waals surface area contributed by atoms with Crippen LogP contribution in [0.2, 0.25) is 0 Å². The van der Waals surface area contributed by atoms with E-state index in [0.717, 1.165) is 11.3 Å². The molecule has 0 saturated heterocycles. The third-order valence-corrected chi connectivity index (χ3v) is 7.30. The molecule has 39 heavy (non-hydrogen) atoms. The zero-order valence-electron chi connectivity index (χ0n) is 21.0. The van der Waals surface area contributed by atoms with Crippen molar-refractivity contribution in [2.75, 3.05) is 24.3 Å². The van der Waals surface area contributed by atoms with Crippen LogP contribution in [0.3, 0.4) is 0 Å². The van der Waals surface area contributed by atoms with E-state index in [1.165, 1.54) is 18.2 Å². The van der Waals surface area contributed by atoms with Crippen LogP contribution in [0.1, 0.15) is 55.0 Å². The van der Waals surface area contributed by atoms with Gasteiger partial charge in [-0.25, -0.2) is 4.79 Å². The molecule has 1 unspecified atom stereocenters. The molecule has 3 aromatic rings. The van der Waals surface area contributed by atoms with E-state index in [9.17, 15) is 34.5 Å². The summed E-state index contributed by atoms with van der Waals surface area (Å²) in [6.45, 7) is -0.676. The van der Waals surface area contributed by atoms with Crippen LogP contribution in [0, 0.1) is 5.92 Å². The van der Waals surface area contributed by atoms with Gasteiger partial charge in [0.05, 0.1) is 22.4 Å². The van der Waals surface area contributed by atoms with Crippen molar-refractivity contribution in [2.45, 2.75) is 25.9 Å². The van der Waals surface area contributed by atoms with Crippen molar-refractivity contribution >= 4 is 34.8 Å². The molecule has 0 heterocycles. The van der Waals surface area contributed by atoms with E-state index >= 15 is 0 Å². The van der Waals surface area contributed by atoms with Gasteiger partial charge in [0, 0.05) is 35.3 Å². The summed E-state index contributed by atoms with van der Waals surface area (Å²) in [6, 6.07) is 11.6. The summed E-state index contributed by atoms with van der Waals surface area (Å²) in [5, 5.41) is 36.9. The molecule has 0 aliphatic heterocycles. The number of aromatic hydroxyl groups is 2. The first-order valence-electron chi connectivity index (χ1n) is 12.4. The SMILES string of the molecule is CNc1ccc(COC(=O)Nc2cccc3c2C(=O)c2c(O)c4c(c(O)c2C3=O)CC(C(=O)CO)CC4)cc1. The summed E-state index contributed by atoms with van der Waals surface area (Å²) < 4.78 is 5.28. The molecule has 10 heteroatoms. The molecular formula is C29H26N2O8. The fraction of sp³-hybridized carbons (Fsp3) is 0.241. The van der Waals surface area contributed by atoms with E-state index in [2.05, 4.69) is 10.6 Å². The number of ether oxygens (including phenoxy) is 1. The minimum absolute atomic E-state index is 0.0252. The molecule has 0 aromatic heterocycles. The number of ketones is 3. The Morgan fingerprint density at radius 2 is 1.64 bits per heavy atom. The smallest absolute Gasteiger partial charge is 0.411 e. The van der Waals surface area contributed by atoms with Gasteiger partial charge in [-0.15, -0.1) is 0 Å². The standard InChI is InChI=1S/C29H26N2O8/c1-30-16-8-5-14(6-9-16)13-39-29(38)31-20-4-2-3-18-22(20)28(37)24-23(26(18)35)27(36)19-11-15(21(33)12-32)7-10-17(19)25(24)34/h2-6,8-9,15,30,32,34,36H,7,10-13H2,1H3,(H,31,38). The lowest BCUT2D eigenvalue weighted by atomic mass is 9.74. The topological polar surface area (TPSA) is 162 Å². The Morgan fingerprint density at radius 3 is 2.33 bits per heavy atom. The van der Waals surface area contributed by atoms with Gasteiger partial charge in [-0.3, -0.25) is 19.7 Å². The number of amides is 1. The molecule has 0 bridgehead atoms. The highest BCUT2D eigenvalue weighted by Crippen LogP contribution is 2.47. The van der Waals surface area contributed by atoms with Crippen LogP contribution in [0.15, 0.2) is 42.5 Å². The van der Waals surface area contributed by atoms with Gasteiger partial charge in [0.1, 0.15) is 24.7 Å². The third-order valence-electron chi connectivity index (χ3n) is 7.30. The van der Waals surface area contributed by atoms with Gasteiger partial charge in [0.15, 0.2) is 17.3 Å². The molecule has 0 radical (unpaired) electrons. The number of phenols is 2. The Bertz CT molecular complexity index is 1530. The second-order valence-electron chi connectivity index (χ2n) is 9.50. The number of hydrogen-bond acceptors (Lipinski definition) is 9. The van der Waals surface area contributed by atoms with Gasteiger partial charge >= 0.3 is 6.09 Å². The molecular weight excluding hydrogens is 504 g/mol. The molecule has 0 fully saturated rings. The maximum Gasteiger partial charge on any atom is 0.411 e. The fourth-order valence-corrected chi connectivity index (χ4v) is 5.24. The number of carbonyl (C=O) groups excluding carboxylic acids is 4. The predicted molar refractivity (Wildman–Crippen MR) is 140 cm³/mol. The first-order chi connectivity index (χ1) is 18.7. The van der Waals surface area contributed by atoms with E-state index < -0.39 is 47.5 Å². The Labute approximate surface area is 223 Å². The van der Waals surface area contributed by atoms with Crippen LogP contribution in [0.25, 0.3) is 0 Å². The zero-order valence-corrected chi connectivity index (χ0v) is 21.0. The van der Waals surface area contributed by atoms with Crippen LogP contribution in [-0.4, -0.2) is 52.4 Å². The van der Waals surface area contributed by atoms with Crippen molar-refractivity contribution < 1.29 is 39.2 Å². The van der Waals surface area contributed by atoms with Gasteiger partial charge < -0.3 is 25.4 Å². The van der Waals surface area contributed by atoms with E-state index in [0.29, 0.717) is 6.42 Å². The van der Waals surface area contributed by atoms with Crippen LogP contribution >= 0.6 is 0 Å². The molecule has 2 aliphatic rings. The van der Waals surface area contributed by atoms with Crippen LogP contribution in [0.4, 0.5) is 16.2 Å². The van der Waals surface area contributed by atoms with Crippen LogP contribution in [-0.2, 0) is 29.0 Å². The number of aliphatic hydroxyl groups excluding tert-OH is 1. The molecule has 2 aliphatic carbocycles. The second kappa shape index (κ2) is 10.2. The van der Waals surface area contributed by atoms with Crippen molar-refractivity contribution in [3.8, 4) is 11.5 Å². The fourth-order valence-electron chi connectivity index (χ4n) is 5.24. The number of carbonyl (C=O) groups is 4. The van der Waals surface area contributed by atoms with Gasteiger partial charge in [-0.05, 0) is 43.0 Å². The molecule has 1 amide bonds. The predicted octanol–water partition coefficient (Wildman–Crippen LogP) is 3.33. The number of fused-ring (bicyclic) bond motifs is 3. The lowest BCUT2D eigenvalue weighted by molar-refractivity contribution is -0.126. The molecule has 10 nitrogen and oxygen atoms in total. The average molecular weight is 531 g/mol. The maximum absolute atomic E-state index is 13.7. The van der Waals surface area contributed by atoms with Crippen molar-refractivity contribution in [3.63, 3.8) is 0 Å². The van der Waals surface area contributed by atoms with E-state index in [-0.39, 0.29) is 58.5 Å². The van der Waals surface area contributed by atoms with E-state index in [4.69, 9.17) is 4.74 Å². The van der Waals surface area contributed by atoms with Gasteiger partial charge in [-0.2, -0.15) is 0 Å². The van der Waals surface area contributed by atoms with Gasteiger partial charge in [-0.1, -0.05) is 24.3 Å². The quantitative estimate of drug-likeness (QED) is 0.235. The largest absolute Gasteiger partial charge is 0.507 e. The Balaban J connectivity index is 1.45. The van der Waals surface area contributed by atoms with Gasteiger partial charge in [0.25, 0.3) is 0 Å². The molecule has 5 rings (SSSR count). The number of rotatable bonds is 6. The highest BCUT2D eigenvalue weighted by molar-refractivity contribution is 6.32. The second-order valence-corrected chi connectivity index (χ2v) is 9.50. The summed E-state index contributed by atoms with van der Waals surface area (Å²) >= 11 is 0. The van der Waals surface area contributed by atoms with Crippen molar-refractivity contribution in [2.24, 2.45) is 5.92 Å². The van der Waals surface area contributed by atoms with E-state index in [1.807, 2.05) is 12.1 Å². The average Bonchev–Trinajstić information content (AvgIpc) is 2.96. The summed E-state index contributed by atoms with van der Waals surface area (Å²) in [4.78, 5) is 51.8. The molecule has 0 spiro atoms. The van der Waals surface area contributed by atoms with Crippen molar-refractivity contribution in [3.05, 3.63) is 81.4 Å². The highest BCUT2D eigenvalue weighted by atomic mass is 16.5.